The van der Waals surface area contributed by atoms with Crippen LogP contribution in [0.5, 0.6) is 0 Å². The molecule has 0 aliphatic heterocycles. The number of carbonyl (C=O) groups is 3. The minimum Gasteiger partial charge on any atom is -0.343 e. The minimum absolute atomic E-state index is 0.0956. The minimum atomic E-state index is -0.505. The van der Waals surface area contributed by atoms with Crippen molar-refractivity contribution in [2.75, 3.05) is 20.0 Å². The fourth-order valence-corrected chi connectivity index (χ4v) is 1.51. The molecule has 7 nitrogen and oxygen atoms in total. The summed E-state index contributed by atoms with van der Waals surface area (Å²) < 4.78 is 0. The van der Waals surface area contributed by atoms with Crippen LogP contribution in [0.1, 0.15) is 62.3 Å². The monoisotopic (exact) mass is 356 g/mol. The maximum Gasteiger partial charge on any atom is 0.226 e. The van der Waals surface area contributed by atoms with Crippen LogP contribution in [0, 0.1) is 16.2 Å². The Labute approximate surface area is 152 Å². The summed E-state index contributed by atoms with van der Waals surface area (Å²) in [5.74, 6) is -0.287. The van der Waals surface area contributed by atoms with Crippen LogP contribution < -0.4 is 16.0 Å². The highest BCUT2D eigenvalue weighted by atomic mass is 16.2. The summed E-state index contributed by atoms with van der Waals surface area (Å²) in [5, 5.41) is 8.50. The lowest BCUT2D eigenvalue weighted by molar-refractivity contribution is -0.130. The number of nitrogens with zero attached hydrogens (tertiary/aromatic N) is 1. The number of amides is 3. The normalized spacial score (nSPS) is 12.7. The van der Waals surface area contributed by atoms with Crippen LogP contribution >= 0.6 is 0 Å². The molecule has 0 rings (SSSR count). The lowest BCUT2D eigenvalue weighted by Crippen LogP contribution is -2.52. The van der Waals surface area contributed by atoms with Crippen molar-refractivity contribution in [3.8, 4) is 0 Å². The largest absolute Gasteiger partial charge is 0.343 e. The van der Waals surface area contributed by atoms with Gasteiger partial charge in [-0.2, -0.15) is 0 Å². The molecule has 0 bridgehead atoms. The molecule has 0 aromatic rings. The van der Waals surface area contributed by atoms with E-state index in [1.54, 1.807) is 4.90 Å². The summed E-state index contributed by atoms with van der Waals surface area (Å²) in [4.78, 5) is 37.9. The Morgan fingerprint density at radius 2 is 0.760 bits per heavy atom. The Balaban J connectivity index is 4.79. The molecule has 0 radical (unpaired) electrons. The van der Waals surface area contributed by atoms with Crippen LogP contribution in [0.4, 0.5) is 0 Å². The first-order valence-electron chi connectivity index (χ1n) is 8.62. The van der Waals surface area contributed by atoms with Crippen molar-refractivity contribution in [1.29, 1.82) is 0 Å². The van der Waals surface area contributed by atoms with Crippen molar-refractivity contribution >= 4 is 17.7 Å². The fraction of sp³-hybridized carbons (Fsp3) is 0.833. The van der Waals surface area contributed by atoms with E-state index in [-0.39, 0.29) is 37.7 Å². The van der Waals surface area contributed by atoms with Gasteiger partial charge in [0.2, 0.25) is 17.7 Å². The van der Waals surface area contributed by atoms with E-state index in [4.69, 9.17) is 0 Å². The third-order valence-electron chi connectivity index (χ3n) is 3.43. The molecule has 0 unspecified atom stereocenters. The number of carbonyl (C=O) groups excluding carboxylic acids is 3. The van der Waals surface area contributed by atoms with E-state index in [9.17, 15) is 14.4 Å². The Morgan fingerprint density at radius 1 is 0.560 bits per heavy atom. The van der Waals surface area contributed by atoms with Crippen molar-refractivity contribution in [3.05, 3.63) is 0 Å². The number of hydrogen-bond donors (Lipinski definition) is 3. The first-order valence-corrected chi connectivity index (χ1v) is 8.62. The number of hydrogen-bond acceptors (Lipinski definition) is 4. The van der Waals surface area contributed by atoms with E-state index in [0.29, 0.717) is 0 Å². The van der Waals surface area contributed by atoms with Gasteiger partial charge in [0.15, 0.2) is 0 Å². The zero-order chi connectivity index (χ0) is 20.1. The molecule has 0 aromatic carbocycles. The topological polar surface area (TPSA) is 90.5 Å². The van der Waals surface area contributed by atoms with Crippen molar-refractivity contribution in [2.24, 2.45) is 16.2 Å². The van der Waals surface area contributed by atoms with Gasteiger partial charge in [-0.05, 0) is 0 Å². The lowest BCUT2D eigenvalue weighted by Gasteiger charge is -2.28. The summed E-state index contributed by atoms with van der Waals surface area (Å²) in [6.07, 6.45) is 0. The van der Waals surface area contributed by atoms with E-state index in [0.717, 1.165) is 0 Å². The van der Waals surface area contributed by atoms with Gasteiger partial charge < -0.3 is 16.0 Å². The molecule has 3 amide bonds. The summed E-state index contributed by atoms with van der Waals surface area (Å²) in [5.41, 5.74) is -1.51. The summed E-state index contributed by atoms with van der Waals surface area (Å²) in [6, 6.07) is 0. The van der Waals surface area contributed by atoms with Crippen LogP contribution in [0.2, 0.25) is 0 Å². The van der Waals surface area contributed by atoms with Gasteiger partial charge >= 0.3 is 0 Å². The van der Waals surface area contributed by atoms with Gasteiger partial charge in [-0.25, -0.2) is 0 Å². The van der Waals surface area contributed by atoms with Crippen LogP contribution in [-0.4, -0.2) is 42.6 Å². The first-order chi connectivity index (χ1) is 11.0. The Morgan fingerprint density at radius 3 is 0.920 bits per heavy atom. The second kappa shape index (κ2) is 8.65. The molecule has 25 heavy (non-hydrogen) atoms. The zero-order valence-electron chi connectivity index (χ0n) is 17.3. The summed E-state index contributed by atoms with van der Waals surface area (Å²) in [7, 11) is 0. The van der Waals surface area contributed by atoms with Gasteiger partial charge in [0.1, 0.15) is 0 Å². The molecule has 0 aliphatic rings. The van der Waals surface area contributed by atoms with E-state index in [2.05, 4.69) is 16.0 Å². The Kier molecular flexibility index (Phi) is 8.08. The second-order valence-electron chi connectivity index (χ2n) is 9.41. The average molecular weight is 357 g/mol. The van der Waals surface area contributed by atoms with Crippen molar-refractivity contribution in [1.82, 2.24) is 20.9 Å². The predicted molar refractivity (Wildman–Crippen MR) is 99.2 cm³/mol. The molecule has 0 spiro atoms. The van der Waals surface area contributed by atoms with Crippen LogP contribution in [0.3, 0.4) is 0 Å². The molecule has 0 fully saturated rings. The smallest absolute Gasteiger partial charge is 0.226 e. The summed E-state index contributed by atoms with van der Waals surface area (Å²) in [6.45, 7) is 17.1. The highest BCUT2D eigenvalue weighted by Gasteiger charge is 2.25. The Bertz CT molecular complexity index is 411. The van der Waals surface area contributed by atoms with E-state index in [1.807, 2.05) is 62.3 Å². The molecule has 0 aliphatic carbocycles. The van der Waals surface area contributed by atoms with Gasteiger partial charge in [-0.1, -0.05) is 62.3 Å². The predicted octanol–water partition coefficient (Wildman–Crippen LogP) is 1.65. The molecular formula is C18H36N4O3. The van der Waals surface area contributed by atoms with Crippen molar-refractivity contribution in [2.45, 2.75) is 62.3 Å². The van der Waals surface area contributed by atoms with Crippen molar-refractivity contribution < 1.29 is 14.4 Å². The first kappa shape index (κ1) is 23.4. The highest BCUT2D eigenvalue weighted by molar-refractivity contribution is 5.82. The molecule has 0 heterocycles. The quantitative estimate of drug-likeness (QED) is 0.631. The van der Waals surface area contributed by atoms with Gasteiger partial charge in [-0.15, -0.1) is 0 Å². The number of nitrogens with one attached hydrogen (secondary N) is 3. The molecular weight excluding hydrogens is 320 g/mol. The van der Waals surface area contributed by atoms with E-state index in [1.165, 1.54) is 0 Å². The van der Waals surface area contributed by atoms with Gasteiger partial charge in [0.25, 0.3) is 0 Å². The summed E-state index contributed by atoms with van der Waals surface area (Å²) >= 11 is 0. The Hall–Kier alpha value is -1.63. The zero-order valence-corrected chi connectivity index (χ0v) is 17.3. The molecule has 146 valence electrons. The standard InChI is InChI=1S/C18H36N4O3/c1-16(2,3)13(23)19-10-22(11-20-14(24)17(4,5)6)12-21-15(25)18(7,8)9/h10-12H2,1-9H3,(H,19,23)(H,20,24)(H,21,25). The van der Waals surface area contributed by atoms with Crippen LogP contribution in [-0.2, 0) is 14.4 Å². The van der Waals surface area contributed by atoms with Crippen molar-refractivity contribution in [3.63, 3.8) is 0 Å². The second-order valence-corrected chi connectivity index (χ2v) is 9.41. The lowest BCUT2D eigenvalue weighted by atomic mass is 9.96. The van der Waals surface area contributed by atoms with Crippen LogP contribution in [0.25, 0.3) is 0 Å². The average Bonchev–Trinajstić information content (AvgIpc) is 2.42. The molecule has 0 aromatic heterocycles. The van der Waals surface area contributed by atoms with Crippen LogP contribution in [0.15, 0.2) is 0 Å². The third kappa shape index (κ3) is 9.43. The maximum absolute atomic E-state index is 12.1. The third-order valence-corrected chi connectivity index (χ3v) is 3.43. The molecule has 0 saturated carbocycles. The molecule has 3 N–H and O–H groups in total. The van der Waals surface area contributed by atoms with E-state index < -0.39 is 16.2 Å². The molecule has 7 heteroatoms. The fourth-order valence-electron chi connectivity index (χ4n) is 1.51. The molecule has 0 saturated heterocycles. The van der Waals surface area contributed by atoms with Gasteiger partial charge in [-0.3, -0.25) is 19.3 Å². The molecule has 0 atom stereocenters. The van der Waals surface area contributed by atoms with E-state index >= 15 is 0 Å². The highest BCUT2D eigenvalue weighted by Crippen LogP contribution is 2.14. The maximum atomic E-state index is 12.1. The number of rotatable bonds is 6. The van der Waals surface area contributed by atoms with Gasteiger partial charge in [0.05, 0.1) is 20.0 Å². The van der Waals surface area contributed by atoms with Gasteiger partial charge in [0, 0.05) is 16.2 Å². The SMILES string of the molecule is CC(C)(C)C(=O)NCN(CNC(=O)C(C)(C)C)CNC(=O)C(C)(C)C.